The number of carbonyl (C=O) groups is 1. The summed E-state index contributed by atoms with van der Waals surface area (Å²) in [6.45, 7) is 6.17. The number of halogens is 2. The van der Waals surface area contributed by atoms with Gasteiger partial charge in [-0.3, -0.25) is 4.79 Å². The van der Waals surface area contributed by atoms with Crippen LogP contribution in [0.2, 0.25) is 0 Å². The van der Waals surface area contributed by atoms with Gasteiger partial charge in [-0.05, 0) is 69.2 Å². The first-order valence-corrected chi connectivity index (χ1v) is 11.0. The Hall–Kier alpha value is -2.75. The zero-order valence-corrected chi connectivity index (χ0v) is 18.5. The summed E-state index contributed by atoms with van der Waals surface area (Å²) in [6.07, 6.45) is 1.10. The van der Waals surface area contributed by atoms with Crippen molar-refractivity contribution in [3.8, 4) is 5.75 Å². The number of nitrogens with zero attached hydrogens (tertiary/aromatic N) is 3. The number of aromatic nitrogens is 2. The van der Waals surface area contributed by atoms with Crippen molar-refractivity contribution >= 4 is 11.9 Å². The van der Waals surface area contributed by atoms with Gasteiger partial charge < -0.3 is 25.2 Å². The van der Waals surface area contributed by atoms with Crippen LogP contribution in [0.3, 0.4) is 0 Å². The predicted molar refractivity (Wildman–Crippen MR) is 116 cm³/mol. The molecule has 3 rings (SSSR count). The Morgan fingerprint density at radius 1 is 1.38 bits per heavy atom. The fourth-order valence-corrected chi connectivity index (χ4v) is 3.75. The highest BCUT2D eigenvalue weighted by atomic mass is 19.3. The predicted octanol–water partition coefficient (Wildman–Crippen LogP) is 3.47. The van der Waals surface area contributed by atoms with E-state index < -0.39 is 12.2 Å². The number of aryl methyl sites for hydroxylation is 1. The van der Waals surface area contributed by atoms with E-state index in [1.165, 1.54) is 0 Å². The summed E-state index contributed by atoms with van der Waals surface area (Å²) >= 11 is 0. The second-order valence-corrected chi connectivity index (χ2v) is 8.32. The van der Waals surface area contributed by atoms with E-state index in [9.17, 15) is 13.6 Å². The summed E-state index contributed by atoms with van der Waals surface area (Å²) in [6, 6.07) is 5.54. The Morgan fingerprint density at radius 3 is 2.75 bits per heavy atom. The minimum Gasteiger partial charge on any atom is -0.494 e. The van der Waals surface area contributed by atoms with Crippen molar-refractivity contribution in [2.24, 2.45) is 11.7 Å². The average molecular weight is 452 g/mol. The van der Waals surface area contributed by atoms with Gasteiger partial charge in [0.25, 0.3) is 5.91 Å². The highest BCUT2D eigenvalue weighted by Gasteiger charge is 2.24. The molecule has 1 unspecified atom stereocenters. The minimum absolute atomic E-state index is 0.0914. The molecule has 1 amide bonds. The van der Waals surface area contributed by atoms with Crippen molar-refractivity contribution in [1.82, 2.24) is 15.5 Å². The molecule has 2 aromatic rings. The Labute approximate surface area is 186 Å². The van der Waals surface area contributed by atoms with Gasteiger partial charge in [-0.1, -0.05) is 5.16 Å². The van der Waals surface area contributed by atoms with E-state index in [2.05, 4.69) is 15.5 Å². The van der Waals surface area contributed by atoms with Gasteiger partial charge in [-0.25, -0.2) is 8.78 Å². The molecule has 1 aromatic carbocycles. The first-order valence-electron chi connectivity index (χ1n) is 11.0. The van der Waals surface area contributed by atoms with Crippen LogP contribution in [0.1, 0.15) is 60.8 Å². The first-order chi connectivity index (χ1) is 15.3. The van der Waals surface area contributed by atoms with Crippen molar-refractivity contribution in [1.29, 1.82) is 0 Å². The normalized spacial score (nSPS) is 15.8. The number of alkyl halides is 2. The molecular weight excluding hydrogens is 420 g/mol. The van der Waals surface area contributed by atoms with E-state index in [4.69, 9.17) is 15.0 Å². The number of rotatable bonds is 10. The lowest BCUT2D eigenvalue weighted by molar-refractivity contribution is 0.0951. The van der Waals surface area contributed by atoms with Crippen molar-refractivity contribution in [3.63, 3.8) is 0 Å². The molecule has 1 aromatic heterocycles. The van der Waals surface area contributed by atoms with E-state index in [-0.39, 0.29) is 18.0 Å². The summed E-state index contributed by atoms with van der Waals surface area (Å²) in [5, 5.41) is 6.13. The van der Waals surface area contributed by atoms with Crippen LogP contribution in [0.25, 0.3) is 0 Å². The van der Waals surface area contributed by atoms with E-state index in [0.29, 0.717) is 37.7 Å². The fourth-order valence-electron chi connectivity index (χ4n) is 3.75. The van der Waals surface area contributed by atoms with Crippen LogP contribution in [0.4, 0.5) is 14.8 Å². The van der Waals surface area contributed by atoms with Crippen LogP contribution in [0, 0.1) is 12.8 Å². The summed E-state index contributed by atoms with van der Waals surface area (Å²) in [4.78, 5) is 17.8. The highest BCUT2D eigenvalue weighted by molar-refractivity contribution is 5.95. The van der Waals surface area contributed by atoms with Gasteiger partial charge in [-0.15, -0.1) is 0 Å². The molecule has 8 nitrogen and oxygen atoms in total. The molecule has 1 atom stereocenters. The topological polar surface area (TPSA) is 107 Å². The zero-order valence-electron chi connectivity index (χ0n) is 18.5. The Morgan fingerprint density at radius 2 is 2.12 bits per heavy atom. The van der Waals surface area contributed by atoms with Gasteiger partial charge in [0.05, 0.1) is 6.61 Å². The van der Waals surface area contributed by atoms with E-state index >= 15 is 0 Å². The number of ether oxygens (including phenoxy) is 1. The van der Waals surface area contributed by atoms with E-state index in [0.717, 1.165) is 37.0 Å². The lowest BCUT2D eigenvalue weighted by atomic mass is 9.92. The van der Waals surface area contributed by atoms with Crippen molar-refractivity contribution < 1.29 is 22.8 Å². The van der Waals surface area contributed by atoms with Gasteiger partial charge in [0.15, 0.2) is 0 Å². The number of nitrogens with one attached hydrogen (secondary N) is 1. The smallest absolute Gasteiger partial charge is 0.324 e. The summed E-state index contributed by atoms with van der Waals surface area (Å²) < 4.78 is 36.0. The number of anilines is 1. The maximum absolute atomic E-state index is 12.6. The maximum atomic E-state index is 12.6. The quantitative estimate of drug-likeness (QED) is 0.533. The zero-order chi connectivity index (χ0) is 23.1. The van der Waals surface area contributed by atoms with Crippen LogP contribution in [0.5, 0.6) is 5.75 Å². The van der Waals surface area contributed by atoms with Gasteiger partial charge in [0.1, 0.15) is 5.75 Å². The highest BCUT2D eigenvalue weighted by Crippen LogP contribution is 2.27. The number of nitrogens with two attached hydrogens (primary N) is 1. The van der Waals surface area contributed by atoms with Crippen LogP contribution >= 0.6 is 0 Å². The molecular formula is C22H31F2N5O3. The number of amides is 1. The molecule has 32 heavy (non-hydrogen) atoms. The molecule has 1 aliphatic heterocycles. The Balaban J connectivity index is 1.36. The van der Waals surface area contributed by atoms with Crippen molar-refractivity contribution in [3.05, 3.63) is 35.2 Å². The molecule has 1 fully saturated rings. The van der Waals surface area contributed by atoms with Crippen LogP contribution in [-0.4, -0.2) is 48.3 Å². The molecule has 1 saturated heterocycles. The molecule has 1 aliphatic rings. The lowest BCUT2D eigenvalue weighted by Crippen LogP contribution is -2.35. The Kier molecular flexibility index (Phi) is 8.38. The molecule has 0 bridgehead atoms. The first kappa shape index (κ1) is 23.9. The van der Waals surface area contributed by atoms with Gasteiger partial charge in [0, 0.05) is 31.2 Å². The average Bonchev–Trinajstić information content (AvgIpc) is 3.26. The monoisotopic (exact) mass is 451 g/mol. The SMILES string of the molecule is Cc1cc(OCCCC2CCN(c3nc(C(F)F)no3)CC2)ccc1C(=O)NCC(C)N. The number of carbonyl (C=O) groups excluding carboxylic acids is 1. The standard InChI is InChI=1S/C22H31F2N5O3/c1-14-12-17(5-6-18(14)21(30)26-13-15(2)25)31-11-3-4-16-7-9-29(10-8-16)22-27-20(19(23)24)28-32-22/h5-6,12,15-16,19H,3-4,7-11,13,25H2,1-2H3,(H,26,30). The second-order valence-electron chi connectivity index (χ2n) is 8.32. The molecule has 10 heteroatoms. The Bertz CT molecular complexity index is 882. The van der Waals surface area contributed by atoms with Crippen LogP contribution < -0.4 is 20.7 Å². The summed E-state index contributed by atoms with van der Waals surface area (Å²) in [5.41, 5.74) is 7.15. The largest absolute Gasteiger partial charge is 0.494 e. The number of piperidine rings is 1. The molecule has 176 valence electrons. The number of benzene rings is 1. The molecule has 2 heterocycles. The number of hydrogen-bond acceptors (Lipinski definition) is 7. The van der Waals surface area contributed by atoms with E-state index in [1.807, 2.05) is 30.9 Å². The minimum atomic E-state index is -2.72. The van der Waals surface area contributed by atoms with Crippen LogP contribution in [-0.2, 0) is 0 Å². The molecule has 0 aliphatic carbocycles. The number of hydrogen-bond donors (Lipinski definition) is 2. The maximum Gasteiger partial charge on any atom is 0.324 e. The second kappa shape index (κ2) is 11.2. The molecule has 0 spiro atoms. The summed E-state index contributed by atoms with van der Waals surface area (Å²) in [7, 11) is 0. The molecule has 3 N–H and O–H groups in total. The third-order valence-corrected chi connectivity index (χ3v) is 5.56. The van der Waals surface area contributed by atoms with Crippen LogP contribution in [0.15, 0.2) is 22.7 Å². The third-order valence-electron chi connectivity index (χ3n) is 5.56. The molecule has 0 radical (unpaired) electrons. The summed E-state index contributed by atoms with van der Waals surface area (Å²) in [5.74, 6) is 0.592. The third kappa shape index (κ3) is 6.62. The van der Waals surface area contributed by atoms with Crippen molar-refractivity contribution in [2.45, 2.75) is 52.0 Å². The van der Waals surface area contributed by atoms with Gasteiger partial charge >= 0.3 is 12.4 Å². The fraction of sp³-hybridized carbons (Fsp3) is 0.591. The van der Waals surface area contributed by atoms with Gasteiger partial charge in [-0.2, -0.15) is 4.98 Å². The van der Waals surface area contributed by atoms with Gasteiger partial charge in [0.2, 0.25) is 5.82 Å². The molecule has 0 saturated carbocycles. The van der Waals surface area contributed by atoms with E-state index in [1.54, 1.807) is 6.07 Å². The van der Waals surface area contributed by atoms with Crippen molar-refractivity contribution in [2.75, 3.05) is 31.1 Å². The lowest BCUT2D eigenvalue weighted by Gasteiger charge is -2.30.